The van der Waals surface area contributed by atoms with Crippen molar-refractivity contribution >= 4 is 10.9 Å². The van der Waals surface area contributed by atoms with Crippen LogP contribution in [0.1, 0.15) is 35.4 Å². The van der Waals surface area contributed by atoms with Crippen LogP contribution in [-0.2, 0) is 0 Å². The lowest BCUT2D eigenvalue weighted by Gasteiger charge is -2.24. The molecule has 0 aliphatic carbocycles. The molecule has 1 fully saturated rings. The minimum Gasteiger partial charge on any atom is -0.507 e. The Kier molecular flexibility index (Phi) is 4.27. The summed E-state index contributed by atoms with van der Waals surface area (Å²) < 4.78 is 0. The van der Waals surface area contributed by atoms with E-state index >= 15 is 0 Å². The van der Waals surface area contributed by atoms with Crippen molar-refractivity contribution in [3.8, 4) is 23.1 Å². The molecule has 2 heterocycles. The first-order chi connectivity index (χ1) is 12.7. The molecule has 0 radical (unpaired) electrons. The number of nitrogens with zero attached hydrogens (tertiary/aromatic N) is 3. The standard InChI is InChI=1S/C21H20N4O/c1-13-16-5-2-6-17(15-4-3-9-23-12-15)21(16)25-24-20(13)18-8-7-14(11-22)10-19(18)26/h2,5-8,10,15,23,26H,3-4,9,12H2,1H3/t15-/m0/s1. The monoisotopic (exact) mass is 344 g/mol. The Bertz CT molecular complexity index is 1020. The number of hydrogen-bond donors (Lipinski definition) is 2. The smallest absolute Gasteiger partial charge is 0.126 e. The number of benzene rings is 2. The van der Waals surface area contributed by atoms with Crippen molar-refractivity contribution in [2.24, 2.45) is 0 Å². The molecule has 1 aliphatic rings. The van der Waals surface area contributed by atoms with E-state index in [0.29, 0.717) is 22.7 Å². The molecule has 1 aromatic heterocycles. The van der Waals surface area contributed by atoms with Crippen LogP contribution in [0.5, 0.6) is 5.75 Å². The minimum atomic E-state index is 0.0495. The van der Waals surface area contributed by atoms with Gasteiger partial charge in [-0.05, 0) is 61.6 Å². The highest BCUT2D eigenvalue weighted by Crippen LogP contribution is 2.35. The average Bonchev–Trinajstić information content (AvgIpc) is 2.69. The topological polar surface area (TPSA) is 81.8 Å². The van der Waals surface area contributed by atoms with Gasteiger partial charge in [0, 0.05) is 17.5 Å². The fourth-order valence-corrected chi connectivity index (χ4v) is 3.78. The largest absolute Gasteiger partial charge is 0.507 e. The molecule has 0 unspecified atom stereocenters. The van der Waals surface area contributed by atoms with Crippen LogP contribution >= 0.6 is 0 Å². The number of hydrogen-bond acceptors (Lipinski definition) is 5. The van der Waals surface area contributed by atoms with Crippen LogP contribution in [0.3, 0.4) is 0 Å². The van der Waals surface area contributed by atoms with Gasteiger partial charge in [0.2, 0.25) is 0 Å². The van der Waals surface area contributed by atoms with Gasteiger partial charge in [-0.2, -0.15) is 5.26 Å². The summed E-state index contributed by atoms with van der Waals surface area (Å²) in [6, 6.07) is 13.2. The number of phenolic OH excluding ortho intramolecular Hbond substituents is 1. The maximum atomic E-state index is 10.3. The molecule has 3 aromatic rings. The van der Waals surface area contributed by atoms with Gasteiger partial charge in [0.05, 0.1) is 17.1 Å². The van der Waals surface area contributed by atoms with Crippen LogP contribution in [0, 0.1) is 18.3 Å². The second kappa shape index (κ2) is 6.74. The summed E-state index contributed by atoms with van der Waals surface area (Å²) in [6.45, 7) is 4.05. The highest BCUT2D eigenvalue weighted by molar-refractivity contribution is 5.89. The summed E-state index contributed by atoms with van der Waals surface area (Å²) in [5.41, 5.74) is 4.83. The number of piperidine rings is 1. The molecule has 0 saturated carbocycles. The average molecular weight is 344 g/mol. The normalized spacial score (nSPS) is 17.2. The van der Waals surface area contributed by atoms with E-state index in [-0.39, 0.29) is 5.75 Å². The maximum absolute atomic E-state index is 10.3. The number of phenols is 1. The number of aromatic hydroxyl groups is 1. The Morgan fingerprint density at radius 2 is 2.12 bits per heavy atom. The van der Waals surface area contributed by atoms with E-state index in [0.717, 1.165) is 36.0 Å². The summed E-state index contributed by atoms with van der Waals surface area (Å²) in [5.74, 6) is 0.503. The van der Waals surface area contributed by atoms with E-state index in [2.05, 4.69) is 33.7 Å². The quantitative estimate of drug-likeness (QED) is 0.741. The summed E-state index contributed by atoms with van der Waals surface area (Å²) in [7, 11) is 0. The molecule has 1 aliphatic heterocycles. The zero-order valence-corrected chi connectivity index (χ0v) is 14.7. The highest BCUT2D eigenvalue weighted by Gasteiger charge is 2.20. The number of aryl methyl sites for hydroxylation is 1. The summed E-state index contributed by atoms with van der Waals surface area (Å²) in [5, 5.41) is 32.8. The van der Waals surface area contributed by atoms with E-state index < -0.39 is 0 Å². The van der Waals surface area contributed by atoms with Crippen molar-refractivity contribution < 1.29 is 5.11 Å². The van der Waals surface area contributed by atoms with Crippen molar-refractivity contribution in [3.63, 3.8) is 0 Å². The summed E-state index contributed by atoms with van der Waals surface area (Å²) in [6.07, 6.45) is 2.33. The van der Waals surface area contributed by atoms with Crippen LogP contribution in [0.2, 0.25) is 0 Å². The van der Waals surface area contributed by atoms with E-state index in [1.54, 1.807) is 12.1 Å². The van der Waals surface area contributed by atoms with Crippen LogP contribution in [0.25, 0.3) is 22.2 Å². The zero-order valence-electron chi connectivity index (χ0n) is 14.7. The molecule has 0 spiro atoms. The third-order valence-corrected chi connectivity index (χ3v) is 5.20. The lowest BCUT2D eigenvalue weighted by molar-refractivity contribution is 0.463. The number of nitriles is 1. The van der Waals surface area contributed by atoms with Gasteiger partial charge in [-0.25, -0.2) is 0 Å². The van der Waals surface area contributed by atoms with Gasteiger partial charge in [0.25, 0.3) is 0 Å². The molecule has 2 N–H and O–H groups in total. The first-order valence-corrected chi connectivity index (χ1v) is 8.89. The van der Waals surface area contributed by atoms with Gasteiger partial charge in [-0.3, -0.25) is 0 Å². The fourth-order valence-electron chi connectivity index (χ4n) is 3.78. The molecule has 4 rings (SSSR count). The SMILES string of the molecule is Cc1c(-c2ccc(C#N)cc2O)nnc2c([C@H]3CCCNC3)cccc12. The second-order valence-electron chi connectivity index (χ2n) is 6.80. The van der Waals surface area contributed by atoms with Crippen LogP contribution < -0.4 is 5.32 Å². The Balaban J connectivity index is 1.84. The van der Waals surface area contributed by atoms with Gasteiger partial charge in [0.1, 0.15) is 11.4 Å². The summed E-state index contributed by atoms with van der Waals surface area (Å²) >= 11 is 0. The van der Waals surface area contributed by atoms with E-state index in [1.165, 1.54) is 18.1 Å². The molecule has 0 bridgehead atoms. The Labute approximate surface area is 152 Å². The van der Waals surface area contributed by atoms with Gasteiger partial charge in [0.15, 0.2) is 0 Å². The van der Waals surface area contributed by atoms with Crippen LogP contribution in [0.15, 0.2) is 36.4 Å². The van der Waals surface area contributed by atoms with E-state index in [1.807, 2.05) is 13.0 Å². The number of aromatic nitrogens is 2. The molecule has 0 amide bonds. The first kappa shape index (κ1) is 16.5. The number of nitrogens with one attached hydrogen (secondary N) is 1. The van der Waals surface area contributed by atoms with Crippen molar-refractivity contribution in [2.45, 2.75) is 25.7 Å². The minimum absolute atomic E-state index is 0.0495. The zero-order chi connectivity index (χ0) is 18.1. The maximum Gasteiger partial charge on any atom is 0.126 e. The van der Waals surface area contributed by atoms with Gasteiger partial charge >= 0.3 is 0 Å². The lowest BCUT2D eigenvalue weighted by Crippen LogP contribution is -2.28. The number of rotatable bonds is 2. The molecule has 130 valence electrons. The van der Waals surface area contributed by atoms with E-state index in [9.17, 15) is 5.11 Å². The van der Waals surface area contributed by atoms with Crippen molar-refractivity contribution in [2.75, 3.05) is 13.1 Å². The highest BCUT2D eigenvalue weighted by atomic mass is 16.3. The second-order valence-corrected chi connectivity index (χ2v) is 6.80. The van der Waals surface area contributed by atoms with Gasteiger partial charge in [-0.1, -0.05) is 18.2 Å². The molecular weight excluding hydrogens is 324 g/mol. The molecule has 1 atom stereocenters. The van der Waals surface area contributed by atoms with E-state index in [4.69, 9.17) is 5.26 Å². The molecule has 2 aromatic carbocycles. The van der Waals surface area contributed by atoms with Crippen molar-refractivity contribution in [3.05, 3.63) is 53.1 Å². The lowest BCUT2D eigenvalue weighted by atomic mass is 9.89. The van der Waals surface area contributed by atoms with Gasteiger partial charge in [-0.15, -0.1) is 10.2 Å². The molecule has 1 saturated heterocycles. The summed E-state index contributed by atoms with van der Waals surface area (Å²) in [4.78, 5) is 0. The molecule has 26 heavy (non-hydrogen) atoms. The fraction of sp³-hybridized carbons (Fsp3) is 0.286. The Hall–Kier alpha value is -2.97. The molecule has 5 heteroatoms. The predicted molar refractivity (Wildman–Crippen MR) is 101 cm³/mol. The van der Waals surface area contributed by atoms with Crippen molar-refractivity contribution in [1.82, 2.24) is 15.5 Å². The van der Waals surface area contributed by atoms with Crippen LogP contribution in [0.4, 0.5) is 0 Å². The third kappa shape index (κ3) is 2.79. The van der Waals surface area contributed by atoms with Crippen molar-refractivity contribution in [1.29, 1.82) is 5.26 Å². The molecular formula is C21H20N4O. The first-order valence-electron chi connectivity index (χ1n) is 8.89. The van der Waals surface area contributed by atoms with Gasteiger partial charge < -0.3 is 10.4 Å². The Morgan fingerprint density at radius 3 is 2.85 bits per heavy atom. The third-order valence-electron chi connectivity index (χ3n) is 5.20. The molecule has 5 nitrogen and oxygen atoms in total. The van der Waals surface area contributed by atoms with Crippen LogP contribution in [-0.4, -0.2) is 28.4 Å². The predicted octanol–water partition coefficient (Wildman–Crippen LogP) is 3.65. The number of fused-ring (bicyclic) bond motifs is 1. The Morgan fingerprint density at radius 1 is 1.23 bits per heavy atom.